The lowest BCUT2D eigenvalue weighted by molar-refractivity contribution is -0.402. The lowest BCUT2D eigenvalue weighted by atomic mass is 10.1. The zero-order valence-electron chi connectivity index (χ0n) is 10.8. The first-order valence-electron chi connectivity index (χ1n) is 6.01. The van der Waals surface area contributed by atoms with E-state index < -0.39 is 28.5 Å². The highest BCUT2D eigenvalue weighted by Crippen LogP contribution is 2.22. The van der Waals surface area contributed by atoms with Crippen LogP contribution in [0.3, 0.4) is 0 Å². The van der Waals surface area contributed by atoms with Gasteiger partial charge in [0.1, 0.15) is 4.92 Å². The van der Waals surface area contributed by atoms with Crippen LogP contribution in [0.5, 0.6) is 0 Å². The van der Waals surface area contributed by atoms with Gasteiger partial charge in [-0.05, 0) is 24.3 Å². The number of carbonyl (C=O) groups excluding carboxylic acids is 3. The molecule has 1 aliphatic rings. The van der Waals surface area contributed by atoms with E-state index in [1.165, 1.54) is 18.2 Å². The molecule has 1 aromatic heterocycles. The van der Waals surface area contributed by atoms with Crippen LogP contribution in [0.25, 0.3) is 0 Å². The first-order chi connectivity index (χ1) is 10.5. The van der Waals surface area contributed by atoms with E-state index >= 15 is 0 Å². The van der Waals surface area contributed by atoms with Crippen LogP contribution in [-0.2, 0) is 0 Å². The molecule has 3 amide bonds. The normalized spacial score (nSPS) is 12.7. The van der Waals surface area contributed by atoms with Gasteiger partial charge in [0.05, 0.1) is 17.2 Å². The molecule has 0 fully saturated rings. The largest absolute Gasteiger partial charge is 0.433 e. The average molecular weight is 301 g/mol. The smallest absolute Gasteiger partial charge is 0.395 e. The van der Waals surface area contributed by atoms with Crippen molar-refractivity contribution >= 4 is 29.3 Å². The van der Waals surface area contributed by atoms with Gasteiger partial charge in [0.25, 0.3) is 17.7 Å². The van der Waals surface area contributed by atoms with Crippen LogP contribution in [0.1, 0.15) is 31.3 Å². The molecule has 9 heteroatoms. The molecule has 2 N–H and O–H groups in total. The Labute approximate surface area is 122 Å². The Morgan fingerprint density at radius 1 is 1.14 bits per heavy atom. The van der Waals surface area contributed by atoms with Crippen molar-refractivity contribution < 1.29 is 23.7 Å². The Morgan fingerprint density at radius 3 is 2.55 bits per heavy atom. The lowest BCUT2D eigenvalue weighted by Gasteiger charge is -2.04. The van der Waals surface area contributed by atoms with Gasteiger partial charge >= 0.3 is 5.88 Å². The van der Waals surface area contributed by atoms with Gasteiger partial charge in [0, 0.05) is 5.69 Å². The molecule has 110 valence electrons. The highest BCUT2D eigenvalue weighted by atomic mass is 16.6. The molecule has 0 aliphatic carbocycles. The number of imide groups is 1. The number of benzene rings is 1. The van der Waals surface area contributed by atoms with E-state index in [4.69, 9.17) is 4.42 Å². The maximum absolute atomic E-state index is 11.9. The maximum atomic E-state index is 11.9. The summed E-state index contributed by atoms with van der Waals surface area (Å²) in [6.45, 7) is 0. The van der Waals surface area contributed by atoms with E-state index in [2.05, 4.69) is 10.6 Å². The van der Waals surface area contributed by atoms with Crippen LogP contribution >= 0.6 is 0 Å². The Hall–Kier alpha value is -3.49. The highest BCUT2D eigenvalue weighted by Gasteiger charge is 2.27. The van der Waals surface area contributed by atoms with E-state index in [0.29, 0.717) is 0 Å². The average Bonchev–Trinajstić information content (AvgIpc) is 3.05. The van der Waals surface area contributed by atoms with Crippen LogP contribution in [-0.4, -0.2) is 22.6 Å². The number of anilines is 1. The Balaban J connectivity index is 1.83. The monoisotopic (exact) mass is 301 g/mol. The van der Waals surface area contributed by atoms with Crippen molar-refractivity contribution in [2.45, 2.75) is 0 Å². The number of nitrogens with one attached hydrogen (secondary N) is 2. The summed E-state index contributed by atoms with van der Waals surface area (Å²) in [5, 5.41) is 15.0. The zero-order valence-corrected chi connectivity index (χ0v) is 10.8. The number of rotatable bonds is 3. The van der Waals surface area contributed by atoms with Crippen LogP contribution in [0, 0.1) is 10.1 Å². The molecule has 0 atom stereocenters. The van der Waals surface area contributed by atoms with Crippen LogP contribution in [0.4, 0.5) is 11.6 Å². The maximum Gasteiger partial charge on any atom is 0.433 e. The number of amides is 3. The van der Waals surface area contributed by atoms with Crippen molar-refractivity contribution in [1.82, 2.24) is 5.32 Å². The van der Waals surface area contributed by atoms with Crippen LogP contribution in [0.2, 0.25) is 0 Å². The standard InChI is InChI=1S/C13H7N3O6/c17-11-7-2-1-6(5-8(7)12(18)15-11)14-13(19)9-3-4-10(22-9)16(20)21/h1-5H,(H,14,19)(H,15,17,18). The van der Waals surface area contributed by atoms with Crippen molar-refractivity contribution in [2.24, 2.45) is 0 Å². The van der Waals surface area contributed by atoms with E-state index in [1.807, 2.05) is 0 Å². The molecule has 0 bridgehead atoms. The highest BCUT2D eigenvalue weighted by molar-refractivity contribution is 6.22. The number of hydrogen-bond acceptors (Lipinski definition) is 6. The summed E-state index contributed by atoms with van der Waals surface area (Å²) in [4.78, 5) is 44.6. The SMILES string of the molecule is O=C(Nc1ccc2c(c1)C(=O)NC2=O)c1ccc([N+](=O)[O-])o1. The molecule has 1 aromatic carbocycles. The first-order valence-corrected chi connectivity index (χ1v) is 6.01. The molecule has 2 aromatic rings. The summed E-state index contributed by atoms with van der Waals surface area (Å²) >= 11 is 0. The van der Waals surface area contributed by atoms with E-state index in [9.17, 15) is 24.5 Å². The fraction of sp³-hybridized carbons (Fsp3) is 0. The molecule has 3 rings (SSSR count). The van der Waals surface area contributed by atoms with E-state index in [0.717, 1.165) is 12.1 Å². The second-order valence-electron chi connectivity index (χ2n) is 4.39. The third-order valence-corrected chi connectivity index (χ3v) is 2.99. The molecular weight excluding hydrogens is 294 g/mol. The summed E-state index contributed by atoms with van der Waals surface area (Å²) in [6, 6.07) is 6.40. The first kappa shape index (κ1) is 13.5. The number of fused-ring (bicyclic) bond motifs is 1. The minimum atomic E-state index is -0.762. The summed E-state index contributed by atoms with van der Waals surface area (Å²) in [6.07, 6.45) is 0. The predicted octanol–water partition coefficient (Wildman–Crippen LogP) is 1.32. The van der Waals surface area contributed by atoms with E-state index in [-0.39, 0.29) is 22.6 Å². The Morgan fingerprint density at radius 2 is 1.86 bits per heavy atom. The van der Waals surface area contributed by atoms with Crippen molar-refractivity contribution in [3.8, 4) is 0 Å². The number of carbonyl (C=O) groups is 3. The molecule has 0 radical (unpaired) electrons. The number of hydrogen-bond donors (Lipinski definition) is 2. The third kappa shape index (κ3) is 2.20. The second kappa shape index (κ2) is 4.81. The summed E-state index contributed by atoms with van der Waals surface area (Å²) in [5.41, 5.74) is 0.623. The van der Waals surface area contributed by atoms with Crippen LogP contribution in [0.15, 0.2) is 34.7 Å². The summed E-state index contributed by atoms with van der Waals surface area (Å²) in [5.74, 6) is -2.56. The molecule has 0 saturated carbocycles. The molecule has 0 spiro atoms. The zero-order chi connectivity index (χ0) is 15.9. The summed E-state index contributed by atoms with van der Waals surface area (Å²) in [7, 11) is 0. The van der Waals surface area contributed by atoms with Gasteiger partial charge in [-0.15, -0.1) is 0 Å². The molecule has 0 unspecified atom stereocenters. The molecular formula is C13H7N3O6. The molecule has 22 heavy (non-hydrogen) atoms. The number of furan rings is 1. The topological polar surface area (TPSA) is 132 Å². The van der Waals surface area contributed by atoms with Gasteiger partial charge in [-0.25, -0.2) is 0 Å². The molecule has 2 heterocycles. The lowest BCUT2D eigenvalue weighted by Crippen LogP contribution is -2.19. The third-order valence-electron chi connectivity index (χ3n) is 2.99. The van der Waals surface area contributed by atoms with Gasteiger partial charge in [-0.1, -0.05) is 0 Å². The minimum absolute atomic E-state index is 0.147. The molecule has 1 aliphatic heterocycles. The fourth-order valence-electron chi connectivity index (χ4n) is 1.99. The molecule has 9 nitrogen and oxygen atoms in total. The Kier molecular flexibility index (Phi) is 2.95. The number of nitro groups is 1. The minimum Gasteiger partial charge on any atom is -0.395 e. The van der Waals surface area contributed by atoms with Crippen LogP contribution < -0.4 is 10.6 Å². The van der Waals surface area contributed by atoms with Crippen molar-refractivity contribution in [3.05, 3.63) is 57.3 Å². The van der Waals surface area contributed by atoms with E-state index in [1.54, 1.807) is 0 Å². The molecule has 0 saturated heterocycles. The van der Waals surface area contributed by atoms with Crippen molar-refractivity contribution in [3.63, 3.8) is 0 Å². The van der Waals surface area contributed by atoms with Crippen molar-refractivity contribution in [2.75, 3.05) is 5.32 Å². The van der Waals surface area contributed by atoms with Gasteiger partial charge in [0.2, 0.25) is 0 Å². The quantitative estimate of drug-likeness (QED) is 0.499. The van der Waals surface area contributed by atoms with Gasteiger partial charge in [0.15, 0.2) is 5.76 Å². The second-order valence-corrected chi connectivity index (χ2v) is 4.39. The van der Waals surface area contributed by atoms with Gasteiger partial charge in [-0.2, -0.15) is 0 Å². The van der Waals surface area contributed by atoms with Gasteiger partial charge in [-0.3, -0.25) is 29.8 Å². The van der Waals surface area contributed by atoms with Crippen molar-refractivity contribution in [1.29, 1.82) is 0 Å². The Bertz CT molecular complexity index is 838. The fourth-order valence-corrected chi connectivity index (χ4v) is 1.99. The number of nitrogens with zero attached hydrogens (tertiary/aromatic N) is 1. The van der Waals surface area contributed by atoms with Gasteiger partial charge < -0.3 is 9.73 Å². The predicted molar refractivity (Wildman–Crippen MR) is 71.6 cm³/mol. The summed E-state index contributed by atoms with van der Waals surface area (Å²) < 4.78 is 4.77.